The van der Waals surface area contributed by atoms with Gasteiger partial charge >= 0.3 is 0 Å². The van der Waals surface area contributed by atoms with Crippen LogP contribution >= 0.6 is 0 Å². The second-order valence-electron chi connectivity index (χ2n) is 8.68. The minimum Gasteiger partial charge on any atom is -0.298 e. The van der Waals surface area contributed by atoms with Crippen LogP contribution in [-0.2, 0) is 4.79 Å². The zero-order valence-corrected chi connectivity index (χ0v) is 14.7. The van der Waals surface area contributed by atoms with E-state index in [1.54, 1.807) is 0 Å². The lowest BCUT2D eigenvalue weighted by atomic mass is 9.70. The Morgan fingerprint density at radius 3 is 2.14 bits per heavy atom. The largest absolute Gasteiger partial charge is 0.298 e. The highest BCUT2D eigenvalue weighted by atomic mass is 16.1. The molecule has 0 N–H and O–H groups in total. The maximum absolute atomic E-state index is 12.9. The van der Waals surface area contributed by atoms with Crippen LogP contribution < -0.4 is 4.48 Å². The Morgan fingerprint density at radius 2 is 1.68 bits per heavy atom. The van der Waals surface area contributed by atoms with Gasteiger partial charge in [0.1, 0.15) is 5.69 Å². The van der Waals surface area contributed by atoms with Crippen molar-refractivity contribution in [2.75, 3.05) is 21.1 Å². The number of quaternary nitrogens is 1. The van der Waals surface area contributed by atoms with Crippen molar-refractivity contribution in [1.82, 2.24) is 4.48 Å². The van der Waals surface area contributed by atoms with Gasteiger partial charge in [0.25, 0.3) is 0 Å². The number of carbonyl (C=O) groups is 1. The van der Waals surface area contributed by atoms with E-state index in [2.05, 4.69) is 72.3 Å². The Bertz CT molecular complexity index is 645. The molecule has 2 heteroatoms. The highest BCUT2D eigenvalue weighted by Crippen LogP contribution is 2.65. The van der Waals surface area contributed by atoms with Crippen molar-refractivity contribution in [3.05, 3.63) is 35.4 Å². The molecule has 22 heavy (non-hydrogen) atoms. The first-order chi connectivity index (χ1) is 10.1. The molecule has 0 amide bonds. The zero-order chi connectivity index (χ0) is 16.3. The number of hydrogen-bond acceptors (Lipinski definition) is 1. The standard InChI is InChI=1S/C20H28NO/c1-19(2)17-11-12-20(19,3)18(22)16(17)13-14-7-9-15(10-8-14)21(4,5)6/h7-10,13,17H,11-12H2,1-6H3/q+1/t17-,20+/m0/s1. The van der Waals surface area contributed by atoms with Crippen LogP contribution in [0.25, 0.3) is 6.08 Å². The third-order valence-corrected chi connectivity index (χ3v) is 6.35. The molecule has 2 aliphatic rings. The maximum atomic E-state index is 12.9. The monoisotopic (exact) mass is 298 g/mol. The molecule has 0 saturated heterocycles. The van der Waals surface area contributed by atoms with Gasteiger partial charge in [-0.05, 0) is 65.7 Å². The van der Waals surface area contributed by atoms with Gasteiger partial charge < -0.3 is 0 Å². The van der Waals surface area contributed by atoms with E-state index in [4.69, 9.17) is 0 Å². The number of hydrogen-bond donors (Lipinski definition) is 0. The van der Waals surface area contributed by atoms with Gasteiger partial charge in [0.15, 0.2) is 5.78 Å². The third kappa shape index (κ3) is 2.00. The Kier molecular flexibility index (Phi) is 3.20. The second kappa shape index (κ2) is 4.55. The van der Waals surface area contributed by atoms with Gasteiger partial charge in [-0.1, -0.05) is 20.8 Å². The lowest BCUT2D eigenvalue weighted by molar-refractivity contribution is -0.125. The molecule has 2 atom stereocenters. The zero-order valence-electron chi connectivity index (χ0n) is 14.7. The van der Waals surface area contributed by atoms with Crippen LogP contribution in [0.15, 0.2) is 29.8 Å². The van der Waals surface area contributed by atoms with E-state index in [1.807, 2.05) is 0 Å². The van der Waals surface area contributed by atoms with Crippen molar-refractivity contribution in [1.29, 1.82) is 0 Å². The van der Waals surface area contributed by atoms with Crippen LogP contribution in [0.1, 0.15) is 39.2 Å². The Hall–Kier alpha value is -1.41. The Labute approximate surface area is 134 Å². The van der Waals surface area contributed by atoms with Gasteiger partial charge in [-0.15, -0.1) is 0 Å². The van der Waals surface area contributed by atoms with Crippen molar-refractivity contribution in [3.8, 4) is 0 Å². The average Bonchev–Trinajstić information content (AvgIpc) is 2.73. The quantitative estimate of drug-likeness (QED) is 0.588. The molecule has 0 radical (unpaired) electrons. The first kappa shape index (κ1) is 15.5. The number of allylic oxidation sites excluding steroid dienone is 1. The summed E-state index contributed by atoms with van der Waals surface area (Å²) in [6, 6.07) is 8.61. The molecule has 2 saturated carbocycles. The first-order valence-corrected chi connectivity index (χ1v) is 8.26. The van der Waals surface area contributed by atoms with Crippen molar-refractivity contribution in [2.45, 2.75) is 33.6 Å². The fourth-order valence-corrected chi connectivity index (χ4v) is 4.29. The molecule has 0 heterocycles. The highest BCUT2D eigenvalue weighted by molar-refractivity contribution is 6.07. The van der Waals surface area contributed by atoms with E-state index in [9.17, 15) is 4.79 Å². The van der Waals surface area contributed by atoms with Crippen LogP contribution in [0.4, 0.5) is 5.69 Å². The van der Waals surface area contributed by atoms with Crippen molar-refractivity contribution in [3.63, 3.8) is 0 Å². The third-order valence-electron chi connectivity index (χ3n) is 6.35. The summed E-state index contributed by atoms with van der Waals surface area (Å²) in [7, 11) is 6.49. The molecule has 3 rings (SSSR count). The van der Waals surface area contributed by atoms with E-state index in [0.29, 0.717) is 11.7 Å². The first-order valence-electron chi connectivity index (χ1n) is 8.26. The number of benzene rings is 1. The molecular weight excluding hydrogens is 270 g/mol. The number of rotatable bonds is 2. The summed E-state index contributed by atoms with van der Waals surface area (Å²) in [6.07, 6.45) is 4.33. The van der Waals surface area contributed by atoms with Crippen LogP contribution in [0.5, 0.6) is 0 Å². The van der Waals surface area contributed by atoms with Crippen LogP contribution in [-0.4, -0.2) is 26.9 Å². The molecule has 118 valence electrons. The summed E-state index contributed by atoms with van der Waals surface area (Å²) >= 11 is 0. The lowest BCUT2D eigenvalue weighted by Gasteiger charge is -2.31. The van der Waals surface area contributed by atoms with E-state index < -0.39 is 0 Å². The molecule has 1 aromatic rings. The van der Waals surface area contributed by atoms with E-state index in [1.165, 1.54) is 5.69 Å². The smallest absolute Gasteiger partial charge is 0.165 e. The minimum atomic E-state index is -0.161. The van der Waals surface area contributed by atoms with Crippen molar-refractivity contribution < 1.29 is 4.79 Å². The fourth-order valence-electron chi connectivity index (χ4n) is 4.29. The summed E-state index contributed by atoms with van der Waals surface area (Å²) in [4.78, 5) is 12.9. The molecule has 1 aromatic carbocycles. The molecule has 0 spiro atoms. The number of nitrogens with zero attached hydrogens (tertiary/aromatic N) is 1. The molecule has 2 fully saturated rings. The molecule has 2 nitrogen and oxygen atoms in total. The maximum Gasteiger partial charge on any atom is 0.165 e. The molecular formula is C20H28NO+. The van der Waals surface area contributed by atoms with E-state index >= 15 is 0 Å². The van der Waals surface area contributed by atoms with E-state index in [0.717, 1.165) is 28.5 Å². The lowest BCUT2D eigenvalue weighted by Crippen LogP contribution is -2.34. The average molecular weight is 298 g/mol. The molecule has 2 bridgehead atoms. The summed E-state index contributed by atoms with van der Waals surface area (Å²) in [5.74, 6) is 0.799. The summed E-state index contributed by atoms with van der Waals surface area (Å²) in [5, 5.41) is 0. The fraction of sp³-hybridized carbons (Fsp3) is 0.550. The van der Waals surface area contributed by atoms with Crippen LogP contribution in [0, 0.1) is 16.7 Å². The van der Waals surface area contributed by atoms with Crippen LogP contribution in [0.2, 0.25) is 0 Å². The van der Waals surface area contributed by atoms with Gasteiger partial charge in [-0.3, -0.25) is 9.28 Å². The van der Waals surface area contributed by atoms with Gasteiger partial charge in [-0.2, -0.15) is 0 Å². The minimum absolute atomic E-state index is 0.0954. The normalized spacial score (nSPS) is 32.0. The van der Waals surface area contributed by atoms with Crippen molar-refractivity contribution in [2.24, 2.45) is 16.7 Å². The summed E-state index contributed by atoms with van der Waals surface area (Å²) < 4.78 is 0.809. The predicted molar refractivity (Wildman–Crippen MR) is 93.6 cm³/mol. The number of ketones is 1. The SMILES string of the molecule is CC1(C)[C@H]2CC[C@]1(C)C(=O)C2=Cc1ccc([N+](C)(C)C)cc1. The number of Topliss-reactive ketones (excluding diaryl/α,β-unsaturated/α-hetero) is 1. The van der Waals surface area contributed by atoms with Gasteiger partial charge in [0.2, 0.25) is 0 Å². The summed E-state index contributed by atoms with van der Waals surface area (Å²) in [5.41, 5.74) is 3.40. The van der Waals surface area contributed by atoms with Crippen LogP contribution in [0.3, 0.4) is 0 Å². The number of fused-ring (bicyclic) bond motifs is 2. The molecule has 0 aromatic heterocycles. The number of carbonyl (C=O) groups excluding carboxylic acids is 1. The van der Waals surface area contributed by atoms with Crippen molar-refractivity contribution >= 4 is 17.5 Å². The highest BCUT2D eigenvalue weighted by Gasteiger charge is 2.63. The second-order valence-corrected chi connectivity index (χ2v) is 8.68. The topological polar surface area (TPSA) is 17.1 Å². The van der Waals surface area contributed by atoms with Gasteiger partial charge in [0.05, 0.1) is 21.1 Å². The molecule has 0 unspecified atom stereocenters. The molecule has 0 aliphatic heterocycles. The van der Waals surface area contributed by atoms with Gasteiger partial charge in [-0.25, -0.2) is 0 Å². The Balaban J connectivity index is 1.96. The van der Waals surface area contributed by atoms with Gasteiger partial charge in [0, 0.05) is 5.41 Å². The predicted octanol–water partition coefficient (Wildman–Crippen LogP) is 4.29. The molecule has 2 aliphatic carbocycles. The summed E-state index contributed by atoms with van der Waals surface area (Å²) in [6.45, 7) is 6.70. The van der Waals surface area contributed by atoms with E-state index in [-0.39, 0.29) is 10.8 Å². The Morgan fingerprint density at radius 1 is 1.09 bits per heavy atom.